The minimum absolute atomic E-state index is 0.0304. The summed E-state index contributed by atoms with van der Waals surface area (Å²) in [6.45, 7) is 0.0660. The van der Waals surface area contributed by atoms with Crippen molar-refractivity contribution in [3.63, 3.8) is 0 Å². The Kier molecular flexibility index (Phi) is 3.01. The fourth-order valence-electron chi connectivity index (χ4n) is 1.75. The molecule has 4 amide bonds. The number of carbonyl (C=O) groups is 4. The standard InChI is InChI=1S/C10H10N2O4S/c13-7-1-2-8(14)11(7)3-4-12-9(15)5-6(17)10(12)16/h1-2,6,17H,3-5H2/t6-/m1/s1. The molecular formula is C10H10N2O4S. The maximum Gasteiger partial charge on any atom is 0.253 e. The summed E-state index contributed by atoms with van der Waals surface area (Å²) >= 11 is 3.97. The van der Waals surface area contributed by atoms with E-state index in [-0.39, 0.29) is 31.3 Å². The SMILES string of the molecule is O=C1C=CC(=O)N1CCN1C(=O)C[C@@H](S)C1=O. The number of imide groups is 2. The Balaban J connectivity index is 1.95. The predicted molar refractivity (Wildman–Crippen MR) is 60.0 cm³/mol. The van der Waals surface area contributed by atoms with Gasteiger partial charge in [-0.1, -0.05) is 0 Å². The lowest BCUT2D eigenvalue weighted by molar-refractivity contribution is -0.142. The second-order valence-corrected chi connectivity index (χ2v) is 4.39. The van der Waals surface area contributed by atoms with E-state index in [0.29, 0.717) is 0 Å². The quantitative estimate of drug-likeness (QED) is 0.516. The molecular weight excluding hydrogens is 244 g/mol. The van der Waals surface area contributed by atoms with E-state index in [1.807, 2.05) is 0 Å². The Morgan fingerprint density at radius 1 is 1.06 bits per heavy atom. The number of nitrogens with zero attached hydrogens (tertiary/aromatic N) is 2. The van der Waals surface area contributed by atoms with E-state index >= 15 is 0 Å². The Labute approximate surface area is 103 Å². The average Bonchev–Trinajstić information content (AvgIpc) is 2.70. The minimum atomic E-state index is -0.606. The van der Waals surface area contributed by atoms with E-state index in [1.165, 1.54) is 0 Å². The van der Waals surface area contributed by atoms with Crippen LogP contribution in [0, 0.1) is 0 Å². The molecule has 6 nitrogen and oxygen atoms in total. The van der Waals surface area contributed by atoms with E-state index < -0.39 is 17.1 Å². The zero-order chi connectivity index (χ0) is 12.6. The summed E-state index contributed by atoms with van der Waals surface area (Å²) in [5.74, 6) is -1.53. The van der Waals surface area contributed by atoms with Crippen LogP contribution in [0.2, 0.25) is 0 Å². The molecule has 1 atom stereocenters. The van der Waals surface area contributed by atoms with Crippen molar-refractivity contribution in [3.8, 4) is 0 Å². The van der Waals surface area contributed by atoms with Crippen molar-refractivity contribution in [2.24, 2.45) is 0 Å². The summed E-state index contributed by atoms with van der Waals surface area (Å²) in [6.07, 6.45) is 2.40. The van der Waals surface area contributed by atoms with Gasteiger partial charge in [0.25, 0.3) is 11.8 Å². The number of hydrogen-bond acceptors (Lipinski definition) is 5. The molecule has 0 bridgehead atoms. The van der Waals surface area contributed by atoms with Gasteiger partial charge in [-0.3, -0.25) is 29.0 Å². The summed E-state index contributed by atoms with van der Waals surface area (Å²) in [7, 11) is 0. The van der Waals surface area contributed by atoms with Crippen molar-refractivity contribution < 1.29 is 19.2 Å². The predicted octanol–water partition coefficient (Wildman–Crippen LogP) is -1.03. The first-order chi connectivity index (χ1) is 8.00. The van der Waals surface area contributed by atoms with Gasteiger partial charge in [-0.05, 0) is 0 Å². The highest BCUT2D eigenvalue weighted by atomic mass is 32.1. The van der Waals surface area contributed by atoms with E-state index in [2.05, 4.69) is 12.6 Å². The van der Waals surface area contributed by atoms with Gasteiger partial charge in [0.15, 0.2) is 0 Å². The summed E-state index contributed by atoms with van der Waals surface area (Å²) in [4.78, 5) is 47.4. The lowest BCUT2D eigenvalue weighted by atomic mass is 10.4. The van der Waals surface area contributed by atoms with Gasteiger partial charge in [0.2, 0.25) is 11.8 Å². The molecule has 2 aliphatic heterocycles. The third kappa shape index (κ3) is 2.10. The van der Waals surface area contributed by atoms with Crippen LogP contribution in [0.4, 0.5) is 0 Å². The third-order valence-corrected chi connectivity index (χ3v) is 3.07. The Morgan fingerprint density at radius 3 is 2.06 bits per heavy atom. The van der Waals surface area contributed by atoms with E-state index in [1.54, 1.807) is 0 Å². The summed E-state index contributed by atoms with van der Waals surface area (Å²) in [6, 6.07) is 0. The smallest absolute Gasteiger partial charge is 0.253 e. The largest absolute Gasteiger partial charge is 0.280 e. The first kappa shape index (κ1) is 11.8. The molecule has 17 heavy (non-hydrogen) atoms. The van der Waals surface area contributed by atoms with Crippen LogP contribution in [0.1, 0.15) is 6.42 Å². The number of likely N-dealkylation sites (tertiary alicyclic amines) is 1. The van der Waals surface area contributed by atoms with Gasteiger partial charge in [-0.2, -0.15) is 12.6 Å². The normalized spacial score (nSPS) is 24.4. The zero-order valence-corrected chi connectivity index (χ0v) is 9.72. The summed E-state index contributed by atoms with van der Waals surface area (Å²) in [5, 5.41) is -0.606. The van der Waals surface area contributed by atoms with Crippen LogP contribution in [0.25, 0.3) is 0 Å². The zero-order valence-electron chi connectivity index (χ0n) is 8.83. The number of thiol groups is 1. The number of hydrogen-bond donors (Lipinski definition) is 1. The van der Waals surface area contributed by atoms with Crippen molar-refractivity contribution >= 4 is 36.3 Å². The molecule has 2 heterocycles. The van der Waals surface area contributed by atoms with Crippen LogP contribution in [0.15, 0.2) is 12.2 Å². The van der Waals surface area contributed by atoms with Crippen LogP contribution in [-0.4, -0.2) is 51.8 Å². The van der Waals surface area contributed by atoms with E-state index in [9.17, 15) is 19.2 Å². The van der Waals surface area contributed by atoms with Crippen molar-refractivity contribution in [2.75, 3.05) is 13.1 Å². The molecule has 0 aliphatic carbocycles. The van der Waals surface area contributed by atoms with Crippen LogP contribution in [0.5, 0.6) is 0 Å². The lowest BCUT2D eigenvalue weighted by Gasteiger charge is -2.18. The molecule has 0 spiro atoms. The second kappa shape index (κ2) is 4.33. The minimum Gasteiger partial charge on any atom is -0.280 e. The van der Waals surface area contributed by atoms with Gasteiger partial charge in [0, 0.05) is 31.7 Å². The Hall–Kier alpha value is -1.63. The van der Waals surface area contributed by atoms with E-state index in [0.717, 1.165) is 22.0 Å². The molecule has 0 radical (unpaired) electrons. The Bertz CT molecular complexity index is 428. The molecule has 90 valence electrons. The van der Waals surface area contributed by atoms with Crippen LogP contribution < -0.4 is 0 Å². The molecule has 0 unspecified atom stereocenters. The molecule has 0 saturated carbocycles. The number of carbonyl (C=O) groups excluding carboxylic acids is 4. The van der Waals surface area contributed by atoms with Gasteiger partial charge < -0.3 is 0 Å². The molecule has 0 N–H and O–H groups in total. The molecule has 7 heteroatoms. The monoisotopic (exact) mass is 254 g/mol. The molecule has 2 aliphatic rings. The van der Waals surface area contributed by atoms with Gasteiger partial charge in [-0.15, -0.1) is 0 Å². The molecule has 0 aromatic carbocycles. The first-order valence-electron chi connectivity index (χ1n) is 5.06. The highest BCUT2D eigenvalue weighted by Gasteiger charge is 2.37. The van der Waals surface area contributed by atoms with Gasteiger partial charge in [0.05, 0.1) is 5.25 Å². The highest BCUT2D eigenvalue weighted by molar-refractivity contribution is 7.81. The highest BCUT2D eigenvalue weighted by Crippen LogP contribution is 2.17. The summed E-state index contributed by atoms with van der Waals surface area (Å²) < 4.78 is 0. The fraction of sp³-hybridized carbons (Fsp3) is 0.400. The van der Waals surface area contributed by atoms with Crippen LogP contribution in [-0.2, 0) is 19.2 Å². The van der Waals surface area contributed by atoms with Crippen molar-refractivity contribution in [1.29, 1.82) is 0 Å². The Morgan fingerprint density at radius 2 is 1.59 bits per heavy atom. The van der Waals surface area contributed by atoms with Crippen LogP contribution >= 0.6 is 12.6 Å². The van der Waals surface area contributed by atoms with Crippen molar-refractivity contribution in [2.45, 2.75) is 11.7 Å². The number of rotatable bonds is 3. The molecule has 0 aromatic heterocycles. The average molecular weight is 254 g/mol. The van der Waals surface area contributed by atoms with Gasteiger partial charge in [0.1, 0.15) is 0 Å². The maximum absolute atomic E-state index is 11.5. The van der Waals surface area contributed by atoms with Crippen molar-refractivity contribution in [1.82, 2.24) is 9.80 Å². The fourth-order valence-corrected chi connectivity index (χ4v) is 2.05. The molecule has 2 rings (SSSR count). The third-order valence-electron chi connectivity index (χ3n) is 2.67. The van der Waals surface area contributed by atoms with Crippen LogP contribution in [0.3, 0.4) is 0 Å². The van der Waals surface area contributed by atoms with Gasteiger partial charge in [-0.25, -0.2) is 0 Å². The molecule has 0 aromatic rings. The van der Waals surface area contributed by atoms with E-state index in [4.69, 9.17) is 0 Å². The first-order valence-corrected chi connectivity index (χ1v) is 5.58. The maximum atomic E-state index is 11.5. The summed E-state index contributed by atoms with van der Waals surface area (Å²) in [5.41, 5.74) is 0. The lowest BCUT2D eigenvalue weighted by Crippen LogP contribution is -2.41. The molecule has 1 saturated heterocycles. The topological polar surface area (TPSA) is 74.8 Å². The number of amides is 4. The second-order valence-electron chi connectivity index (χ2n) is 3.76. The van der Waals surface area contributed by atoms with Gasteiger partial charge >= 0.3 is 0 Å². The molecule has 1 fully saturated rings. The van der Waals surface area contributed by atoms with Crippen molar-refractivity contribution in [3.05, 3.63) is 12.2 Å².